The van der Waals surface area contributed by atoms with E-state index in [2.05, 4.69) is 22.4 Å². The number of hydrogen-bond donors (Lipinski definition) is 2. The Morgan fingerprint density at radius 2 is 2.40 bits per heavy atom. The Balaban J connectivity index is 2.72. The second kappa shape index (κ2) is 5.54. The van der Waals surface area contributed by atoms with Crippen molar-refractivity contribution >= 4 is 0 Å². The fourth-order valence-corrected chi connectivity index (χ4v) is 1.61. The highest BCUT2D eigenvalue weighted by Gasteiger charge is 2.13. The summed E-state index contributed by atoms with van der Waals surface area (Å²) in [5.41, 5.74) is 4.92. The second-order valence-electron chi connectivity index (χ2n) is 3.52. The molecule has 1 rings (SSSR count). The Kier molecular flexibility index (Phi) is 4.35. The minimum Gasteiger partial charge on any atom is -0.271 e. The maximum Gasteiger partial charge on any atom is 0.0638 e. The van der Waals surface area contributed by atoms with Crippen LogP contribution in [0.5, 0.6) is 0 Å². The van der Waals surface area contributed by atoms with Gasteiger partial charge in [0.1, 0.15) is 0 Å². The maximum absolute atomic E-state index is 5.53. The molecule has 1 aromatic rings. The van der Waals surface area contributed by atoms with Gasteiger partial charge in [0.25, 0.3) is 0 Å². The van der Waals surface area contributed by atoms with Crippen molar-refractivity contribution in [3.8, 4) is 11.8 Å². The average molecular weight is 206 g/mol. The summed E-state index contributed by atoms with van der Waals surface area (Å²) in [6.45, 7) is 3.82. The fraction of sp³-hybridized carbons (Fsp3) is 0.545. The fourth-order valence-electron chi connectivity index (χ4n) is 1.61. The van der Waals surface area contributed by atoms with Crippen LogP contribution in [-0.2, 0) is 7.05 Å². The number of nitrogens with two attached hydrogens (primary N) is 1. The van der Waals surface area contributed by atoms with Gasteiger partial charge in [-0.1, -0.05) is 0 Å². The van der Waals surface area contributed by atoms with Gasteiger partial charge < -0.3 is 0 Å². The average Bonchev–Trinajstić information content (AvgIpc) is 2.53. The zero-order valence-corrected chi connectivity index (χ0v) is 9.54. The molecule has 1 unspecified atom stereocenters. The minimum absolute atomic E-state index is 0.122. The monoisotopic (exact) mass is 206 g/mol. The molecule has 1 heterocycles. The lowest BCUT2D eigenvalue weighted by atomic mass is 10.1. The molecule has 0 saturated heterocycles. The second-order valence-corrected chi connectivity index (χ2v) is 3.52. The first kappa shape index (κ1) is 11.8. The zero-order chi connectivity index (χ0) is 11.3. The first-order valence-electron chi connectivity index (χ1n) is 5.05. The van der Waals surface area contributed by atoms with Crippen LogP contribution in [0.1, 0.15) is 37.2 Å². The van der Waals surface area contributed by atoms with E-state index in [0.717, 1.165) is 24.2 Å². The first-order chi connectivity index (χ1) is 7.19. The standard InChI is InChI=1S/C11H18N4/c1-4-5-6-7-10(13-12)11-8-9(2)14-15(11)3/h8,10,13H,6-7,12H2,1-3H3. The molecule has 0 spiro atoms. The summed E-state index contributed by atoms with van der Waals surface area (Å²) in [4.78, 5) is 0. The van der Waals surface area contributed by atoms with Crippen molar-refractivity contribution in [1.82, 2.24) is 15.2 Å². The number of hydrogen-bond acceptors (Lipinski definition) is 3. The van der Waals surface area contributed by atoms with E-state index in [1.807, 2.05) is 31.6 Å². The van der Waals surface area contributed by atoms with Crippen LogP contribution in [-0.4, -0.2) is 9.78 Å². The van der Waals surface area contributed by atoms with Crippen molar-refractivity contribution in [2.45, 2.75) is 32.7 Å². The van der Waals surface area contributed by atoms with E-state index in [1.165, 1.54) is 0 Å². The van der Waals surface area contributed by atoms with Gasteiger partial charge >= 0.3 is 0 Å². The molecule has 82 valence electrons. The van der Waals surface area contributed by atoms with Gasteiger partial charge in [0.2, 0.25) is 0 Å². The molecule has 0 aromatic carbocycles. The number of nitrogens with zero attached hydrogens (tertiary/aromatic N) is 2. The van der Waals surface area contributed by atoms with Crippen LogP contribution in [0.4, 0.5) is 0 Å². The number of nitrogens with one attached hydrogen (secondary N) is 1. The molecule has 0 bridgehead atoms. The molecule has 0 fully saturated rings. The summed E-state index contributed by atoms with van der Waals surface area (Å²) in [5.74, 6) is 11.4. The normalized spacial score (nSPS) is 12.0. The molecule has 4 heteroatoms. The molecule has 0 aliphatic rings. The summed E-state index contributed by atoms with van der Waals surface area (Å²) in [5, 5.41) is 4.29. The Hall–Kier alpha value is -1.31. The zero-order valence-electron chi connectivity index (χ0n) is 9.54. The highest BCUT2D eigenvalue weighted by molar-refractivity contribution is 5.13. The van der Waals surface area contributed by atoms with Crippen LogP contribution >= 0.6 is 0 Å². The van der Waals surface area contributed by atoms with E-state index in [0.29, 0.717) is 0 Å². The SMILES string of the molecule is CC#CCCC(NN)c1cc(C)nn1C. The van der Waals surface area contributed by atoms with Crippen LogP contribution in [0, 0.1) is 18.8 Å². The molecular formula is C11H18N4. The third-order valence-corrected chi connectivity index (χ3v) is 2.33. The lowest BCUT2D eigenvalue weighted by molar-refractivity contribution is 0.486. The summed E-state index contributed by atoms with van der Waals surface area (Å²) in [6.07, 6.45) is 1.74. The molecule has 1 atom stereocenters. The van der Waals surface area contributed by atoms with Crippen molar-refractivity contribution in [2.24, 2.45) is 12.9 Å². The van der Waals surface area contributed by atoms with E-state index in [9.17, 15) is 0 Å². The van der Waals surface area contributed by atoms with Crippen molar-refractivity contribution in [3.05, 3.63) is 17.5 Å². The van der Waals surface area contributed by atoms with Gasteiger partial charge in [-0.3, -0.25) is 16.0 Å². The van der Waals surface area contributed by atoms with E-state index >= 15 is 0 Å². The molecule has 4 nitrogen and oxygen atoms in total. The van der Waals surface area contributed by atoms with Crippen molar-refractivity contribution in [3.63, 3.8) is 0 Å². The van der Waals surface area contributed by atoms with Gasteiger partial charge in [0, 0.05) is 13.5 Å². The predicted molar refractivity (Wildman–Crippen MR) is 60.7 cm³/mol. The topological polar surface area (TPSA) is 55.9 Å². The number of aromatic nitrogens is 2. The number of rotatable bonds is 4. The van der Waals surface area contributed by atoms with Gasteiger partial charge in [-0.2, -0.15) is 5.10 Å². The van der Waals surface area contributed by atoms with Gasteiger partial charge in [0.05, 0.1) is 17.4 Å². The minimum atomic E-state index is 0.122. The summed E-state index contributed by atoms with van der Waals surface area (Å²) in [7, 11) is 1.93. The molecule has 1 aromatic heterocycles. The third kappa shape index (κ3) is 3.08. The maximum atomic E-state index is 5.53. The molecule has 0 aliphatic heterocycles. The summed E-state index contributed by atoms with van der Waals surface area (Å²) < 4.78 is 1.86. The van der Waals surface area contributed by atoms with Gasteiger partial charge in [-0.05, 0) is 26.3 Å². The lowest BCUT2D eigenvalue weighted by Crippen LogP contribution is -2.29. The van der Waals surface area contributed by atoms with Crippen LogP contribution in [0.25, 0.3) is 0 Å². The first-order valence-corrected chi connectivity index (χ1v) is 5.05. The van der Waals surface area contributed by atoms with Crippen molar-refractivity contribution in [1.29, 1.82) is 0 Å². The van der Waals surface area contributed by atoms with Gasteiger partial charge in [0.15, 0.2) is 0 Å². The Morgan fingerprint density at radius 3 is 2.87 bits per heavy atom. The molecule has 3 N–H and O–H groups in total. The molecule has 0 saturated carbocycles. The van der Waals surface area contributed by atoms with Crippen LogP contribution < -0.4 is 11.3 Å². The molecule has 0 radical (unpaired) electrons. The highest BCUT2D eigenvalue weighted by atomic mass is 15.3. The van der Waals surface area contributed by atoms with Crippen LogP contribution in [0.3, 0.4) is 0 Å². The van der Waals surface area contributed by atoms with Crippen LogP contribution in [0.15, 0.2) is 6.07 Å². The lowest BCUT2D eigenvalue weighted by Gasteiger charge is -2.14. The van der Waals surface area contributed by atoms with E-state index < -0.39 is 0 Å². The Bertz CT molecular complexity index is 370. The molecule has 0 aliphatic carbocycles. The Morgan fingerprint density at radius 1 is 1.67 bits per heavy atom. The predicted octanol–water partition coefficient (Wildman–Crippen LogP) is 1.04. The van der Waals surface area contributed by atoms with Crippen molar-refractivity contribution < 1.29 is 0 Å². The van der Waals surface area contributed by atoms with E-state index in [4.69, 9.17) is 5.84 Å². The quantitative estimate of drug-likeness (QED) is 0.439. The van der Waals surface area contributed by atoms with Gasteiger partial charge in [-0.25, -0.2) is 0 Å². The number of aryl methyl sites for hydroxylation is 2. The van der Waals surface area contributed by atoms with E-state index in [1.54, 1.807) is 0 Å². The number of hydrazine groups is 1. The summed E-state index contributed by atoms with van der Waals surface area (Å²) >= 11 is 0. The van der Waals surface area contributed by atoms with E-state index in [-0.39, 0.29) is 6.04 Å². The van der Waals surface area contributed by atoms with Gasteiger partial charge in [-0.15, -0.1) is 11.8 Å². The summed E-state index contributed by atoms with van der Waals surface area (Å²) in [6, 6.07) is 2.17. The smallest absolute Gasteiger partial charge is 0.0638 e. The van der Waals surface area contributed by atoms with Crippen molar-refractivity contribution in [2.75, 3.05) is 0 Å². The third-order valence-electron chi connectivity index (χ3n) is 2.33. The Labute approximate surface area is 90.8 Å². The molecule has 15 heavy (non-hydrogen) atoms. The largest absolute Gasteiger partial charge is 0.271 e. The van der Waals surface area contributed by atoms with Crippen LogP contribution in [0.2, 0.25) is 0 Å². The molecular weight excluding hydrogens is 188 g/mol. The highest BCUT2D eigenvalue weighted by Crippen LogP contribution is 2.17. The molecule has 0 amide bonds.